The molecule has 1 N–H and O–H groups in total. The Labute approximate surface area is 219 Å². The van der Waals surface area contributed by atoms with E-state index in [0.717, 1.165) is 48.0 Å². The Morgan fingerprint density at radius 2 is 1.74 bits per heavy atom. The van der Waals surface area contributed by atoms with Crippen molar-refractivity contribution in [1.29, 1.82) is 0 Å². The Hall–Kier alpha value is -4.28. The lowest BCUT2D eigenvalue weighted by molar-refractivity contribution is -0.274. The van der Waals surface area contributed by atoms with Gasteiger partial charge in [-0.05, 0) is 53.6 Å². The Kier molecular flexibility index (Phi) is 6.83. The van der Waals surface area contributed by atoms with Crippen LogP contribution in [0.1, 0.15) is 16.8 Å². The van der Waals surface area contributed by atoms with Gasteiger partial charge in [-0.1, -0.05) is 6.58 Å². The molecule has 0 bridgehead atoms. The van der Waals surface area contributed by atoms with Crippen LogP contribution in [0.4, 0.5) is 30.5 Å². The lowest BCUT2D eigenvalue weighted by Crippen LogP contribution is -2.47. The van der Waals surface area contributed by atoms with Gasteiger partial charge in [-0.15, -0.1) is 13.2 Å². The molecule has 1 aliphatic heterocycles. The van der Waals surface area contributed by atoms with Crippen molar-refractivity contribution in [2.24, 2.45) is 0 Å². The number of rotatable bonds is 7. The Morgan fingerprint density at radius 1 is 1.00 bits per heavy atom. The summed E-state index contributed by atoms with van der Waals surface area (Å²) in [5.41, 5.74) is 4.93. The first-order chi connectivity index (χ1) is 18.2. The average Bonchev–Trinajstić information content (AvgIpc) is 3.34. The van der Waals surface area contributed by atoms with Crippen LogP contribution in [-0.4, -0.2) is 66.5 Å². The van der Waals surface area contributed by atoms with E-state index < -0.39 is 6.36 Å². The maximum Gasteiger partial charge on any atom is 0.573 e. The third-order valence-corrected chi connectivity index (χ3v) is 6.54. The summed E-state index contributed by atoms with van der Waals surface area (Å²) in [6.45, 7) is 7.02. The van der Waals surface area contributed by atoms with Crippen molar-refractivity contribution >= 4 is 29.0 Å². The second kappa shape index (κ2) is 10.2. The Morgan fingerprint density at radius 3 is 2.37 bits per heavy atom. The lowest BCUT2D eigenvalue weighted by atomic mass is 10.1. The van der Waals surface area contributed by atoms with E-state index in [9.17, 15) is 13.2 Å². The van der Waals surface area contributed by atoms with Crippen LogP contribution in [0.15, 0.2) is 61.3 Å². The van der Waals surface area contributed by atoms with Crippen LogP contribution in [0.5, 0.6) is 5.75 Å². The Bertz CT molecular complexity index is 1330. The molecule has 1 fully saturated rings. The van der Waals surface area contributed by atoms with Gasteiger partial charge in [-0.3, -0.25) is 0 Å². The highest BCUT2D eigenvalue weighted by atomic mass is 19.4. The number of allylic oxidation sites excluding steroid dienone is 1. The van der Waals surface area contributed by atoms with Gasteiger partial charge >= 0.3 is 6.36 Å². The molecular weight excluding hydrogens is 495 g/mol. The van der Waals surface area contributed by atoms with E-state index in [1.807, 2.05) is 31.3 Å². The molecule has 0 amide bonds. The van der Waals surface area contributed by atoms with Gasteiger partial charge in [-0.2, -0.15) is 0 Å². The molecule has 0 atom stereocenters. The van der Waals surface area contributed by atoms with Crippen LogP contribution < -0.4 is 19.9 Å². The highest BCUT2D eigenvalue weighted by Crippen LogP contribution is 2.35. The number of fused-ring (bicyclic) bond motifs is 1. The van der Waals surface area contributed by atoms with Gasteiger partial charge in [0, 0.05) is 64.1 Å². The molecule has 38 heavy (non-hydrogen) atoms. The molecule has 2 aromatic heterocycles. The molecule has 198 valence electrons. The maximum atomic E-state index is 12.4. The summed E-state index contributed by atoms with van der Waals surface area (Å²) >= 11 is 0. The molecule has 1 aliphatic carbocycles. The van der Waals surface area contributed by atoms with Crippen LogP contribution in [0.3, 0.4) is 0 Å². The molecular formula is C27H28F3N7O. The zero-order valence-corrected chi connectivity index (χ0v) is 21.2. The van der Waals surface area contributed by atoms with Gasteiger partial charge in [0.15, 0.2) is 0 Å². The van der Waals surface area contributed by atoms with E-state index in [4.69, 9.17) is 0 Å². The van der Waals surface area contributed by atoms with Crippen LogP contribution in [-0.2, 0) is 6.42 Å². The van der Waals surface area contributed by atoms with Crippen molar-refractivity contribution < 1.29 is 17.9 Å². The number of nitrogens with one attached hydrogen (secondary N) is 1. The largest absolute Gasteiger partial charge is 0.573 e. The zero-order valence-electron chi connectivity index (χ0n) is 21.2. The molecule has 5 rings (SSSR count). The zero-order chi connectivity index (χ0) is 26.9. The monoisotopic (exact) mass is 523 g/mol. The summed E-state index contributed by atoms with van der Waals surface area (Å²) in [4.78, 5) is 20.0. The van der Waals surface area contributed by atoms with Gasteiger partial charge in [0.25, 0.3) is 0 Å². The molecule has 1 saturated heterocycles. The Balaban J connectivity index is 1.21. The normalized spacial score (nSPS) is 15.1. The minimum absolute atomic E-state index is 0.265. The van der Waals surface area contributed by atoms with Crippen LogP contribution >= 0.6 is 0 Å². The van der Waals surface area contributed by atoms with Gasteiger partial charge < -0.3 is 24.8 Å². The maximum absolute atomic E-state index is 12.4. The fourth-order valence-corrected chi connectivity index (χ4v) is 4.57. The van der Waals surface area contributed by atoms with E-state index in [1.54, 1.807) is 6.33 Å². The first-order valence-electron chi connectivity index (χ1n) is 12.2. The summed E-state index contributed by atoms with van der Waals surface area (Å²) in [6.07, 6.45) is 1.71. The van der Waals surface area contributed by atoms with E-state index in [-0.39, 0.29) is 5.75 Å². The minimum atomic E-state index is -4.71. The third-order valence-electron chi connectivity index (χ3n) is 6.54. The van der Waals surface area contributed by atoms with Gasteiger partial charge in [0.1, 0.15) is 23.7 Å². The molecule has 8 nitrogen and oxygen atoms in total. The SMILES string of the molecule is C=C(Nc1ccc(OC(F)(F)F)cc1)N1CCN(c2ncnc3c2C=C(c2ccc(N(C)C)nc2)C3)CC1. The summed E-state index contributed by atoms with van der Waals surface area (Å²) in [6, 6.07) is 9.69. The van der Waals surface area contributed by atoms with E-state index in [2.05, 4.69) is 53.5 Å². The van der Waals surface area contributed by atoms with E-state index in [1.165, 1.54) is 29.8 Å². The number of hydrogen-bond donors (Lipinski definition) is 1. The van der Waals surface area contributed by atoms with Gasteiger partial charge in [-0.25, -0.2) is 15.0 Å². The molecule has 0 radical (unpaired) electrons. The molecule has 0 saturated carbocycles. The first kappa shape index (κ1) is 25.4. The number of pyridine rings is 1. The van der Waals surface area contributed by atoms with Crippen molar-refractivity contribution in [2.45, 2.75) is 12.8 Å². The smallest absolute Gasteiger partial charge is 0.406 e. The third kappa shape index (κ3) is 5.66. The van der Waals surface area contributed by atoms with E-state index >= 15 is 0 Å². The highest BCUT2D eigenvalue weighted by Gasteiger charge is 2.31. The molecule has 0 unspecified atom stereocenters. The predicted octanol–water partition coefficient (Wildman–Crippen LogP) is 4.64. The summed E-state index contributed by atoms with van der Waals surface area (Å²) in [7, 11) is 3.93. The fourth-order valence-electron chi connectivity index (χ4n) is 4.57. The number of nitrogens with zero attached hydrogens (tertiary/aromatic N) is 6. The van der Waals surface area contributed by atoms with Gasteiger partial charge in [0.2, 0.25) is 0 Å². The van der Waals surface area contributed by atoms with Crippen LogP contribution in [0.25, 0.3) is 11.6 Å². The number of halogens is 3. The topological polar surface area (TPSA) is 69.7 Å². The van der Waals surface area contributed by atoms with Gasteiger partial charge in [0.05, 0.1) is 11.5 Å². The lowest BCUT2D eigenvalue weighted by Gasteiger charge is -2.38. The molecule has 3 aromatic rings. The van der Waals surface area contributed by atoms with Crippen molar-refractivity contribution in [2.75, 3.05) is 55.4 Å². The number of anilines is 3. The van der Waals surface area contributed by atoms with Crippen molar-refractivity contribution in [3.63, 3.8) is 0 Å². The summed E-state index contributed by atoms with van der Waals surface area (Å²) in [5, 5.41) is 3.16. The number of ether oxygens (including phenoxy) is 1. The van der Waals surface area contributed by atoms with Crippen molar-refractivity contribution in [3.05, 3.63) is 78.1 Å². The number of alkyl halides is 3. The number of hydrogen-bond acceptors (Lipinski definition) is 8. The van der Waals surface area contributed by atoms with Crippen LogP contribution in [0.2, 0.25) is 0 Å². The standard InChI is InChI=1S/C27H28F3N7O/c1-18(34-21-5-7-22(8-6-21)38-27(28,29)30)36-10-12-37(13-11-36)26-23-14-20(15-24(23)32-17-33-26)19-4-9-25(31-16-19)35(2)3/h4-9,14,16-17,34H,1,10-13,15H2,2-3H3. The first-order valence-corrected chi connectivity index (χ1v) is 12.2. The van der Waals surface area contributed by atoms with E-state index in [0.29, 0.717) is 24.6 Å². The molecule has 2 aliphatic rings. The number of benzene rings is 1. The second-order valence-corrected chi connectivity index (χ2v) is 9.32. The van der Waals surface area contributed by atoms with Crippen molar-refractivity contribution in [3.8, 4) is 5.75 Å². The number of piperazine rings is 1. The molecule has 0 spiro atoms. The minimum Gasteiger partial charge on any atom is -0.406 e. The predicted molar refractivity (Wildman–Crippen MR) is 142 cm³/mol. The molecule has 3 heterocycles. The summed E-state index contributed by atoms with van der Waals surface area (Å²) < 4.78 is 41.1. The van der Waals surface area contributed by atoms with Crippen LogP contribution in [0, 0.1) is 0 Å². The fraction of sp³-hybridized carbons (Fsp3) is 0.296. The second-order valence-electron chi connectivity index (χ2n) is 9.32. The quantitative estimate of drug-likeness (QED) is 0.481. The summed E-state index contributed by atoms with van der Waals surface area (Å²) in [5.74, 6) is 2.24. The number of aromatic nitrogens is 3. The molecule has 1 aromatic carbocycles. The molecule has 11 heteroatoms. The highest BCUT2D eigenvalue weighted by molar-refractivity contribution is 5.91. The van der Waals surface area contributed by atoms with Crippen molar-refractivity contribution in [1.82, 2.24) is 19.9 Å². The average molecular weight is 524 g/mol.